The third-order valence-electron chi connectivity index (χ3n) is 5.30. The molecule has 0 radical (unpaired) electrons. The maximum atomic E-state index is 12.4. The first-order valence-electron chi connectivity index (χ1n) is 7.72. The lowest BCUT2D eigenvalue weighted by Gasteiger charge is -2.40. The summed E-state index contributed by atoms with van der Waals surface area (Å²) >= 11 is 0. The molecule has 0 N–H and O–H groups in total. The van der Waals surface area contributed by atoms with Gasteiger partial charge in [-0.05, 0) is 13.3 Å². The second kappa shape index (κ2) is 5.40. The standard InChI is InChI=1S/C15H21F3O5/c1-8-6-14(7-22-14)12(11(20-3)10(8)19)13(2)9(23-13)4-5-21-15(16,17)18/h8-9,11-12H,4-7H2,1-3H3/t8-,9-,11-,12-,13-,14+/m1/s1. The monoisotopic (exact) mass is 338 g/mol. The molecule has 2 heterocycles. The number of carbonyl (C=O) groups is 1. The molecule has 5 nitrogen and oxygen atoms in total. The zero-order chi connectivity index (χ0) is 17.0. The van der Waals surface area contributed by atoms with Crippen molar-refractivity contribution in [3.05, 3.63) is 0 Å². The van der Waals surface area contributed by atoms with E-state index in [1.54, 1.807) is 0 Å². The largest absolute Gasteiger partial charge is 0.522 e. The lowest BCUT2D eigenvalue weighted by molar-refractivity contribution is -0.324. The highest BCUT2D eigenvalue weighted by Crippen LogP contribution is 2.59. The van der Waals surface area contributed by atoms with Crippen molar-refractivity contribution >= 4 is 5.78 Å². The number of carbonyl (C=O) groups excluding carboxylic acids is 1. The molecule has 8 heteroatoms. The van der Waals surface area contributed by atoms with E-state index < -0.39 is 36.4 Å². The lowest BCUT2D eigenvalue weighted by atomic mass is 9.66. The molecule has 6 atom stereocenters. The van der Waals surface area contributed by atoms with Crippen molar-refractivity contribution in [2.24, 2.45) is 11.8 Å². The number of halogens is 3. The van der Waals surface area contributed by atoms with Crippen LogP contribution < -0.4 is 0 Å². The van der Waals surface area contributed by atoms with E-state index in [9.17, 15) is 18.0 Å². The van der Waals surface area contributed by atoms with Crippen LogP contribution in [0.2, 0.25) is 0 Å². The van der Waals surface area contributed by atoms with Gasteiger partial charge in [0.1, 0.15) is 17.3 Å². The fourth-order valence-corrected chi connectivity index (χ4v) is 4.10. The van der Waals surface area contributed by atoms with Gasteiger partial charge in [-0.3, -0.25) is 9.53 Å². The average molecular weight is 338 g/mol. The van der Waals surface area contributed by atoms with Gasteiger partial charge in [0.25, 0.3) is 0 Å². The Balaban J connectivity index is 1.69. The van der Waals surface area contributed by atoms with Crippen LogP contribution in [-0.4, -0.2) is 55.9 Å². The van der Waals surface area contributed by atoms with Gasteiger partial charge >= 0.3 is 6.36 Å². The normalized spacial score (nSPS) is 46.3. The molecule has 2 aliphatic heterocycles. The van der Waals surface area contributed by atoms with E-state index in [1.165, 1.54) is 7.11 Å². The highest BCUT2D eigenvalue weighted by molar-refractivity contribution is 5.87. The maximum Gasteiger partial charge on any atom is 0.522 e. The molecule has 1 aliphatic carbocycles. The molecule has 0 aromatic heterocycles. The smallest absolute Gasteiger partial charge is 0.373 e. The van der Waals surface area contributed by atoms with E-state index in [0.717, 1.165) is 0 Å². The van der Waals surface area contributed by atoms with Crippen molar-refractivity contribution in [3.8, 4) is 0 Å². The van der Waals surface area contributed by atoms with Gasteiger partial charge in [0.2, 0.25) is 0 Å². The van der Waals surface area contributed by atoms with Crippen molar-refractivity contribution in [2.75, 3.05) is 20.3 Å². The minimum absolute atomic E-state index is 0.000594. The van der Waals surface area contributed by atoms with Crippen LogP contribution in [0.1, 0.15) is 26.7 Å². The highest BCUT2D eigenvalue weighted by Gasteiger charge is 2.72. The molecule has 2 saturated heterocycles. The van der Waals surface area contributed by atoms with Crippen molar-refractivity contribution in [1.29, 1.82) is 0 Å². The van der Waals surface area contributed by atoms with E-state index in [-0.39, 0.29) is 24.0 Å². The first kappa shape index (κ1) is 17.1. The van der Waals surface area contributed by atoms with Gasteiger partial charge < -0.3 is 14.2 Å². The first-order valence-corrected chi connectivity index (χ1v) is 7.72. The SMILES string of the molecule is CO[C@@H]1C(=O)[C@H](C)C[C@]2(CO2)[C@H]1[C@]1(C)O[C@@H]1CCOC(F)(F)F. The Morgan fingerprint density at radius 2 is 2.04 bits per heavy atom. The molecule has 3 rings (SSSR count). The Morgan fingerprint density at radius 1 is 1.39 bits per heavy atom. The highest BCUT2D eigenvalue weighted by atomic mass is 19.4. The minimum atomic E-state index is -4.64. The number of Topliss-reactive ketones (excluding diaryl/α,β-unsaturated/α-hetero) is 1. The molecule has 23 heavy (non-hydrogen) atoms. The molecule has 0 bridgehead atoms. The molecule has 1 saturated carbocycles. The van der Waals surface area contributed by atoms with Gasteiger partial charge in [0.05, 0.1) is 25.2 Å². The molecule has 1 spiro atoms. The van der Waals surface area contributed by atoms with Gasteiger partial charge in [0, 0.05) is 19.4 Å². The fraction of sp³-hybridized carbons (Fsp3) is 0.933. The van der Waals surface area contributed by atoms with Crippen molar-refractivity contribution in [2.45, 2.75) is 56.5 Å². The van der Waals surface area contributed by atoms with Gasteiger partial charge in [-0.1, -0.05) is 6.92 Å². The topological polar surface area (TPSA) is 60.6 Å². The quantitative estimate of drug-likeness (QED) is 0.718. The van der Waals surface area contributed by atoms with E-state index in [0.29, 0.717) is 13.0 Å². The molecule has 3 aliphatic rings. The third kappa shape index (κ3) is 3.01. The van der Waals surface area contributed by atoms with Crippen molar-refractivity contribution in [1.82, 2.24) is 0 Å². The van der Waals surface area contributed by atoms with E-state index in [2.05, 4.69) is 4.74 Å². The second-order valence-corrected chi connectivity index (χ2v) is 6.87. The van der Waals surface area contributed by atoms with E-state index in [4.69, 9.17) is 14.2 Å². The number of ether oxygens (including phenoxy) is 4. The minimum Gasteiger partial charge on any atom is -0.373 e. The molecular weight excluding hydrogens is 317 g/mol. The summed E-state index contributed by atoms with van der Waals surface area (Å²) in [5, 5.41) is 0. The van der Waals surface area contributed by atoms with E-state index in [1.807, 2.05) is 13.8 Å². The van der Waals surface area contributed by atoms with Crippen LogP contribution in [0, 0.1) is 11.8 Å². The Bertz CT molecular complexity index is 490. The molecule has 132 valence electrons. The third-order valence-corrected chi connectivity index (χ3v) is 5.30. The number of ketones is 1. The van der Waals surface area contributed by atoms with Crippen LogP contribution in [0.4, 0.5) is 13.2 Å². The summed E-state index contributed by atoms with van der Waals surface area (Å²) in [5.74, 6) is -0.465. The number of methoxy groups -OCH3 is 1. The van der Waals surface area contributed by atoms with Crippen LogP contribution in [0.5, 0.6) is 0 Å². The number of hydrogen-bond donors (Lipinski definition) is 0. The van der Waals surface area contributed by atoms with E-state index >= 15 is 0 Å². The Kier molecular flexibility index (Phi) is 4.03. The molecule has 0 aromatic carbocycles. The van der Waals surface area contributed by atoms with Gasteiger partial charge in [-0.25, -0.2) is 0 Å². The van der Waals surface area contributed by atoms with Crippen LogP contribution in [0.25, 0.3) is 0 Å². The number of hydrogen-bond acceptors (Lipinski definition) is 5. The van der Waals surface area contributed by atoms with Crippen LogP contribution in [-0.2, 0) is 23.7 Å². The molecule has 0 amide bonds. The Labute approximate surface area is 132 Å². The maximum absolute atomic E-state index is 12.4. The molecule has 3 fully saturated rings. The van der Waals surface area contributed by atoms with Crippen LogP contribution >= 0.6 is 0 Å². The summed E-state index contributed by atoms with van der Waals surface area (Å²) in [6.07, 6.45) is -4.98. The zero-order valence-electron chi connectivity index (χ0n) is 13.3. The number of epoxide rings is 2. The number of alkyl halides is 3. The van der Waals surface area contributed by atoms with Gasteiger partial charge in [-0.2, -0.15) is 0 Å². The van der Waals surface area contributed by atoms with Gasteiger partial charge in [0.15, 0.2) is 5.78 Å². The Morgan fingerprint density at radius 3 is 2.57 bits per heavy atom. The molecule has 0 aromatic rings. The summed E-state index contributed by atoms with van der Waals surface area (Å²) in [6, 6.07) is 0. The predicted molar refractivity (Wildman–Crippen MR) is 71.7 cm³/mol. The summed E-state index contributed by atoms with van der Waals surface area (Å²) in [6.45, 7) is 3.72. The summed E-state index contributed by atoms with van der Waals surface area (Å²) in [7, 11) is 1.47. The summed E-state index contributed by atoms with van der Waals surface area (Å²) < 4.78 is 56.8. The van der Waals surface area contributed by atoms with Gasteiger partial charge in [-0.15, -0.1) is 13.2 Å². The fourth-order valence-electron chi connectivity index (χ4n) is 4.10. The van der Waals surface area contributed by atoms with Crippen molar-refractivity contribution < 1.29 is 36.9 Å². The lowest BCUT2D eigenvalue weighted by Crippen LogP contribution is -2.55. The van der Waals surface area contributed by atoms with Crippen molar-refractivity contribution in [3.63, 3.8) is 0 Å². The summed E-state index contributed by atoms with van der Waals surface area (Å²) in [4.78, 5) is 12.4. The predicted octanol–water partition coefficient (Wildman–Crippen LogP) is 2.08. The Hall–Kier alpha value is -0.700. The molecular formula is C15H21F3O5. The second-order valence-electron chi connectivity index (χ2n) is 6.87. The average Bonchev–Trinajstić information content (AvgIpc) is 3.32. The summed E-state index contributed by atoms with van der Waals surface area (Å²) in [5.41, 5.74) is -1.18. The molecule has 0 unspecified atom stereocenters. The first-order chi connectivity index (χ1) is 10.6. The number of rotatable bonds is 5. The van der Waals surface area contributed by atoms with Crippen LogP contribution in [0.3, 0.4) is 0 Å². The van der Waals surface area contributed by atoms with Crippen LogP contribution in [0.15, 0.2) is 0 Å². The zero-order valence-corrected chi connectivity index (χ0v) is 13.3.